The van der Waals surface area contributed by atoms with Crippen molar-refractivity contribution in [3.8, 4) is 5.75 Å². The number of methoxy groups -OCH3 is 2. The minimum Gasteiger partial charge on any atom is -0.497 e. The molecule has 1 aromatic heterocycles. The highest BCUT2D eigenvalue weighted by molar-refractivity contribution is 7.89. The number of nitrogens with zero attached hydrogens (tertiary/aromatic N) is 3. The Balaban J connectivity index is 1.67. The first kappa shape index (κ1) is 29.0. The van der Waals surface area contributed by atoms with Gasteiger partial charge in [-0.3, -0.25) is 14.9 Å². The fraction of sp³-hybridized carbons (Fsp3) is 0.346. The zero-order valence-electron chi connectivity index (χ0n) is 21.4. The van der Waals surface area contributed by atoms with Crippen molar-refractivity contribution in [1.82, 2.24) is 9.21 Å². The molecule has 13 heteroatoms. The molecule has 39 heavy (non-hydrogen) atoms. The number of fused-ring (bicyclic) bond motifs is 1. The van der Waals surface area contributed by atoms with E-state index in [4.69, 9.17) is 21.1 Å². The van der Waals surface area contributed by atoms with Crippen molar-refractivity contribution in [2.24, 2.45) is 0 Å². The molecule has 0 aliphatic carbocycles. The molecule has 0 fully saturated rings. The third kappa shape index (κ3) is 6.25. The number of ether oxygens (including phenoxy) is 2. The molecule has 1 amide bonds. The molecule has 1 aliphatic heterocycles. The van der Waals surface area contributed by atoms with Gasteiger partial charge in [0.05, 0.1) is 29.5 Å². The lowest BCUT2D eigenvalue weighted by Gasteiger charge is -2.37. The van der Waals surface area contributed by atoms with E-state index < -0.39 is 33.2 Å². The van der Waals surface area contributed by atoms with E-state index in [1.165, 1.54) is 24.1 Å². The summed E-state index contributed by atoms with van der Waals surface area (Å²) >= 11 is 7.53. The maximum Gasteiger partial charge on any atom is 0.289 e. The quantitative estimate of drug-likeness (QED) is 0.182. The van der Waals surface area contributed by atoms with Crippen molar-refractivity contribution in [3.05, 3.63) is 85.1 Å². The average Bonchev–Trinajstić information content (AvgIpc) is 3.41. The van der Waals surface area contributed by atoms with Crippen LogP contribution in [0, 0.1) is 10.1 Å². The first-order valence-corrected chi connectivity index (χ1v) is 14.8. The summed E-state index contributed by atoms with van der Waals surface area (Å²) in [6.07, 6.45) is 0.987. The smallest absolute Gasteiger partial charge is 0.289 e. The van der Waals surface area contributed by atoms with Crippen LogP contribution in [0.4, 0.5) is 5.69 Å². The summed E-state index contributed by atoms with van der Waals surface area (Å²) in [4.78, 5) is 27.0. The van der Waals surface area contributed by atoms with Crippen LogP contribution >= 0.6 is 22.9 Å². The molecule has 0 saturated carbocycles. The van der Waals surface area contributed by atoms with E-state index in [2.05, 4.69) is 0 Å². The van der Waals surface area contributed by atoms with Crippen LogP contribution in [0.5, 0.6) is 5.75 Å². The van der Waals surface area contributed by atoms with Gasteiger partial charge >= 0.3 is 0 Å². The van der Waals surface area contributed by atoms with Gasteiger partial charge in [-0.25, -0.2) is 8.42 Å². The lowest BCUT2D eigenvalue weighted by Crippen LogP contribution is -2.47. The van der Waals surface area contributed by atoms with E-state index in [9.17, 15) is 23.3 Å². The van der Waals surface area contributed by atoms with Crippen LogP contribution < -0.4 is 4.74 Å². The third-order valence-corrected chi connectivity index (χ3v) is 9.69. The first-order valence-electron chi connectivity index (χ1n) is 12.1. The van der Waals surface area contributed by atoms with E-state index in [0.717, 1.165) is 21.5 Å². The summed E-state index contributed by atoms with van der Waals surface area (Å²) in [5.41, 5.74) is 1.36. The highest BCUT2D eigenvalue weighted by atomic mass is 35.5. The zero-order valence-corrected chi connectivity index (χ0v) is 23.8. The van der Waals surface area contributed by atoms with Gasteiger partial charge in [-0.2, -0.15) is 4.31 Å². The summed E-state index contributed by atoms with van der Waals surface area (Å²) in [6, 6.07) is 12.4. The van der Waals surface area contributed by atoms with Gasteiger partial charge in [0.1, 0.15) is 10.8 Å². The van der Waals surface area contributed by atoms with Crippen LogP contribution in [0.2, 0.25) is 5.02 Å². The molecule has 0 N–H and O–H groups in total. The fourth-order valence-corrected chi connectivity index (χ4v) is 7.12. The highest BCUT2D eigenvalue weighted by Crippen LogP contribution is 2.38. The predicted octanol–water partition coefficient (Wildman–Crippen LogP) is 4.52. The minimum absolute atomic E-state index is 0.0108. The maximum absolute atomic E-state index is 13.8. The summed E-state index contributed by atoms with van der Waals surface area (Å²) in [5, 5.41) is 13.2. The minimum atomic E-state index is -4.28. The Morgan fingerprint density at radius 1 is 1.21 bits per heavy atom. The lowest BCUT2D eigenvalue weighted by molar-refractivity contribution is -0.384. The average molecular weight is 594 g/mol. The molecule has 0 spiro atoms. The van der Waals surface area contributed by atoms with Crippen LogP contribution in [-0.4, -0.2) is 68.9 Å². The number of halogens is 1. The Labute approximate surface area is 235 Å². The Morgan fingerprint density at radius 2 is 1.95 bits per heavy atom. The number of carbonyl (C=O) groups is 1. The number of carbonyl (C=O) groups excluding carboxylic acids is 1. The van der Waals surface area contributed by atoms with E-state index in [1.807, 2.05) is 35.7 Å². The first-order chi connectivity index (χ1) is 18.7. The van der Waals surface area contributed by atoms with Crippen LogP contribution in [0.15, 0.2) is 58.8 Å². The molecule has 3 aromatic rings. The highest BCUT2D eigenvalue weighted by Gasteiger charge is 2.36. The standard InChI is InChI=1S/C26H28ClN3O7S2/c1-36-14-3-12-28(39(34,35)20-8-9-22(27)23(16-20)30(32)33)17-25(31)29-13-10-24-21(11-15-38-24)26(29)18-4-6-19(37-2)7-5-18/h4-9,11,15-16,26H,3,10,12-14,17H2,1-2H3. The summed E-state index contributed by atoms with van der Waals surface area (Å²) in [6.45, 7) is 0.247. The topological polar surface area (TPSA) is 119 Å². The number of nitro groups is 1. The fourth-order valence-electron chi connectivity index (χ4n) is 4.58. The molecule has 1 aliphatic rings. The molecule has 2 aromatic carbocycles. The van der Waals surface area contributed by atoms with Crippen LogP contribution in [0.25, 0.3) is 0 Å². The van der Waals surface area contributed by atoms with E-state index in [-0.39, 0.29) is 29.0 Å². The maximum atomic E-state index is 13.8. The number of hydrogen-bond acceptors (Lipinski definition) is 8. The monoisotopic (exact) mass is 593 g/mol. The Hall–Kier alpha value is -3.03. The Kier molecular flexibility index (Phi) is 9.23. The van der Waals surface area contributed by atoms with Crippen LogP contribution in [0.3, 0.4) is 0 Å². The molecule has 4 rings (SSSR count). The van der Waals surface area contributed by atoms with Crippen molar-refractivity contribution in [2.75, 3.05) is 40.5 Å². The molecule has 2 heterocycles. The van der Waals surface area contributed by atoms with Gasteiger partial charge in [-0.05, 0) is 59.7 Å². The molecule has 0 saturated heterocycles. The number of hydrogen-bond donors (Lipinski definition) is 0. The van der Waals surface area contributed by atoms with E-state index in [1.54, 1.807) is 23.3 Å². The Morgan fingerprint density at radius 3 is 2.62 bits per heavy atom. The predicted molar refractivity (Wildman–Crippen MR) is 148 cm³/mol. The lowest BCUT2D eigenvalue weighted by atomic mass is 9.93. The van der Waals surface area contributed by atoms with Crippen LogP contribution in [0.1, 0.15) is 28.5 Å². The van der Waals surface area contributed by atoms with Gasteiger partial charge in [-0.15, -0.1) is 11.3 Å². The van der Waals surface area contributed by atoms with Crippen molar-refractivity contribution in [1.29, 1.82) is 0 Å². The van der Waals surface area contributed by atoms with Gasteiger partial charge in [0.2, 0.25) is 15.9 Å². The molecular formula is C26H28ClN3O7S2. The van der Waals surface area contributed by atoms with Crippen LogP contribution in [-0.2, 0) is 26.0 Å². The van der Waals surface area contributed by atoms with Gasteiger partial charge in [0.15, 0.2) is 0 Å². The van der Waals surface area contributed by atoms with Crippen molar-refractivity contribution in [2.45, 2.75) is 23.8 Å². The second-order valence-corrected chi connectivity index (χ2v) is 12.2. The molecule has 10 nitrogen and oxygen atoms in total. The van der Waals surface area contributed by atoms with Crippen molar-refractivity contribution in [3.63, 3.8) is 0 Å². The van der Waals surface area contributed by atoms with Crippen molar-refractivity contribution < 1.29 is 27.6 Å². The molecule has 1 unspecified atom stereocenters. The number of sulfonamides is 1. The summed E-state index contributed by atoms with van der Waals surface area (Å²) in [7, 11) is -1.20. The summed E-state index contributed by atoms with van der Waals surface area (Å²) < 4.78 is 38.7. The molecule has 0 radical (unpaired) electrons. The number of rotatable bonds is 11. The molecular weight excluding hydrogens is 566 g/mol. The SMILES string of the molecule is COCCCN(CC(=O)N1CCc2sccc2C1c1ccc(OC)cc1)S(=O)(=O)c1ccc(Cl)c([N+](=O)[O-])c1. The molecule has 208 valence electrons. The van der Waals surface area contributed by atoms with Gasteiger partial charge in [0.25, 0.3) is 5.69 Å². The Bertz CT molecular complexity index is 1440. The third-order valence-electron chi connectivity index (χ3n) is 6.54. The zero-order chi connectivity index (χ0) is 28.2. The second kappa shape index (κ2) is 12.4. The van der Waals surface area contributed by atoms with Gasteiger partial charge in [0, 0.05) is 37.7 Å². The number of nitro benzene ring substituents is 1. The molecule has 0 bridgehead atoms. The number of thiophene rings is 1. The largest absolute Gasteiger partial charge is 0.497 e. The van der Waals surface area contributed by atoms with E-state index in [0.29, 0.717) is 25.1 Å². The summed E-state index contributed by atoms with van der Waals surface area (Å²) in [5.74, 6) is 0.308. The van der Waals surface area contributed by atoms with Gasteiger partial charge in [-0.1, -0.05) is 23.7 Å². The number of benzene rings is 2. The molecule has 1 atom stereocenters. The van der Waals surface area contributed by atoms with Crippen molar-refractivity contribution >= 4 is 44.6 Å². The van der Waals surface area contributed by atoms with E-state index >= 15 is 0 Å². The number of amides is 1. The second-order valence-electron chi connectivity index (χ2n) is 8.87. The van der Waals surface area contributed by atoms with Gasteiger partial charge < -0.3 is 14.4 Å². The normalized spacial score (nSPS) is 15.3.